The number of rotatable bonds is 2. The van der Waals surface area contributed by atoms with Crippen molar-refractivity contribution in [3.63, 3.8) is 0 Å². The first-order valence-corrected chi connectivity index (χ1v) is 5.29. The lowest BCUT2D eigenvalue weighted by molar-refractivity contribution is -0.125. The van der Waals surface area contributed by atoms with Gasteiger partial charge >= 0.3 is 0 Å². The van der Waals surface area contributed by atoms with E-state index in [0.29, 0.717) is 11.7 Å². The van der Waals surface area contributed by atoms with Crippen LogP contribution in [0.2, 0.25) is 0 Å². The molecule has 0 aromatic rings. The van der Waals surface area contributed by atoms with E-state index in [1.165, 1.54) is 5.57 Å². The number of hydrogen-bond donors (Lipinski definition) is 0. The fourth-order valence-corrected chi connectivity index (χ4v) is 3.07. The molecule has 2 aliphatic carbocycles. The molecule has 1 fully saturated rings. The Morgan fingerprint density at radius 2 is 2.21 bits per heavy atom. The molecule has 0 spiro atoms. The Kier molecular flexibility index (Phi) is 1.79. The third-order valence-corrected chi connectivity index (χ3v) is 4.48. The Morgan fingerprint density at radius 3 is 2.57 bits per heavy atom. The van der Waals surface area contributed by atoms with Crippen molar-refractivity contribution in [3.8, 4) is 0 Å². The van der Waals surface area contributed by atoms with Crippen LogP contribution in [0.1, 0.15) is 33.6 Å². The number of fused-ring (bicyclic) bond motifs is 2. The third-order valence-electron chi connectivity index (χ3n) is 4.48. The summed E-state index contributed by atoms with van der Waals surface area (Å²) in [6.07, 6.45) is 5.82. The van der Waals surface area contributed by atoms with Crippen LogP contribution in [-0.4, -0.2) is 5.78 Å². The summed E-state index contributed by atoms with van der Waals surface area (Å²) in [4.78, 5) is 11.9. The zero-order chi connectivity index (χ0) is 10.6. The van der Waals surface area contributed by atoms with Crippen LogP contribution >= 0.6 is 0 Å². The average molecular weight is 190 g/mol. The van der Waals surface area contributed by atoms with Gasteiger partial charge in [-0.25, -0.2) is 0 Å². The van der Waals surface area contributed by atoms with Gasteiger partial charge in [-0.2, -0.15) is 0 Å². The second-order valence-electron chi connectivity index (χ2n) is 5.32. The highest BCUT2D eigenvalue weighted by Crippen LogP contribution is 2.62. The van der Waals surface area contributed by atoms with E-state index in [2.05, 4.69) is 33.4 Å². The molecular formula is C13H18O. The standard InChI is InChI=1S/C13H18O/c1-5-6-9-8-13(4)11(14)7-10(9)12(13,2)3/h5,8,10H,1,6-7H2,2-4H3/t10-,13-/m1/s1. The third kappa shape index (κ3) is 0.879. The molecule has 0 aromatic heterocycles. The van der Waals surface area contributed by atoms with Crippen LogP contribution < -0.4 is 0 Å². The van der Waals surface area contributed by atoms with Gasteiger partial charge < -0.3 is 0 Å². The van der Waals surface area contributed by atoms with Crippen molar-refractivity contribution in [1.82, 2.24) is 0 Å². The molecule has 1 saturated carbocycles. The van der Waals surface area contributed by atoms with Crippen LogP contribution in [0, 0.1) is 16.7 Å². The molecular weight excluding hydrogens is 172 g/mol. The van der Waals surface area contributed by atoms with Gasteiger partial charge in [0.1, 0.15) is 5.78 Å². The van der Waals surface area contributed by atoms with Gasteiger partial charge in [-0.3, -0.25) is 4.79 Å². The smallest absolute Gasteiger partial charge is 0.143 e. The molecule has 0 unspecified atom stereocenters. The number of allylic oxidation sites excluding steroid dienone is 3. The van der Waals surface area contributed by atoms with Gasteiger partial charge in [0.05, 0.1) is 5.41 Å². The minimum Gasteiger partial charge on any atom is -0.299 e. The minimum atomic E-state index is -0.212. The van der Waals surface area contributed by atoms with Crippen molar-refractivity contribution in [1.29, 1.82) is 0 Å². The van der Waals surface area contributed by atoms with Gasteiger partial charge in [0.25, 0.3) is 0 Å². The lowest BCUT2D eigenvalue weighted by atomic mass is 9.70. The first-order valence-electron chi connectivity index (χ1n) is 5.29. The summed E-state index contributed by atoms with van der Waals surface area (Å²) in [6.45, 7) is 10.3. The van der Waals surface area contributed by atoms with Crippen molar-refractivity contribution in [2.24, 2.45) is 16.7 Å². The second kappa shape index (κ2) is 2.59. The van der Waals surface area contributed by atoms with E-state index in [1.807, 2.05) is 6.08 Å². The number of hydrogen-bond acceptors (Lipinski definition) is 1. The number of Topliss-reactive ketones (excluding diaryl/α,β-unsaturated/α-hetero) is 1. The second-order valence-corrected chi connectivity index (χ2v) is 5.32. The molecule has 2 rings (SSSR count). The van der Waals surface area contributed by atoms with Crippen molar-refractivity contribution < 1.29 is 4.79 Å². The highest BCUT2D eigenvalue weighted by molar-refractivity contribution is 5.92. The molecule has 1 nitrogen and oxygen atoms in total. The summed E-state index contributed by atoms with van der Waals surface area (Å²) < 4.78 is 0. The van der Waals surface area contributed by atoms with Crippen LogP contribution in [0.4, 0.5) is 0 Å². The summed E-state index contributed by atoms with van der Waals surface area (Å²) in [5.41, 5.74) is 1.32. The van der Waals surface area contributed by atoms with Crippen molar-refractivity contribution in [2.45, 2.75) is 33.6 Å². The van der Waals surface area contributed by atoms with Crippen LogP contribution in [0.25, 0.3) is 0 Å². The van der Waals surface area contributed by atoms with E-state index < -0.39 is 0 Å². The maximum Gasteiger partial charge on any atom is 0.143 e. The van der Waals surface area contributed by atoms with Gasteiger partial charge in [-0.1, -0.05) is 31.6 Å². The fourth-order valence-electron chi connectivity index (χ4n) is 3.07. The normalized spacial score (nSPS) is 38.6. The highest BCUT2D eigenvalue weighted by Gasteiger charge is 2.60. The van der Waals surface area contributed by atoms with Gasteiger partial charge in [0, 0.05) is 6.42 Å². The molecule has 14 heavy (non-hydrogen) atoms. The molecule has 0 amide bonds. The summed E-state index contributed by atoms with van der Waals surface area (Å²) in [5.74, 6) is 0.873. The average Bonchev–Trinajstić information content (AvgIpc) is 2.36. The van der Waals surface area contributed by atoms with E-state index in [-0.39, 0.29) is 10.8 Å². The van der Waals surface area contributed by atoms with Crippen LogP contribution in [0.15, 0.2) is 24.3 Å². The largest absolute Gasteiger partial charge is 0.299 e. The van der Waals surface area contributed by atoms with E-state index in [1.54, 1.807) is 0 Å². The summed E-state index contributed by atoms with van der Waals surface area (Å²) in [7, 11) is 0. The molecule has 0 heterocycles. The molecule has 76 valence electrons. The summed E-state index contributed by atoms with van der Waals surface area (Å²) in [6, 6.07) is 0. The van der Waals surface area contributed by atoms with Crippen molar-refractivity contribution >= 4 is 5.78 Å². The van der Waals surface area contributed by atoms with Gasteiger partial charge in [0.2, 0.25) is 0 Å². The maximum absolute atomic E-state index is 11.9. The molecule has 1 heteroatoms. The molecule has 0 saturated heterocycles. The van der Waals surface area contributed by atoms with Crippen LogP contribution in [0.5, 0.6) is 0 Å². The molecule has 0 aliphatic heterocycles. The Bertz CT molecular complexity index is 335. The monoisotopic (exact) mass is 190 g/mol. The lowest BCUT2D eigenvalue weighted by Crippen LogP contribution is -2.32. The van der Waals surface area contributed by atoms with Gasteiger partial charge in [-0.05, 0) is 24.7 Å². The highest BCUT2D eigenvalue weighted by atomic mass is 16.1. The van der Waals surface area contributed by atoms with Gasteiger partial charge in [-0.15, -0.1) is 6.58 Å². The van der Waals surface area contributed by atoms with Gasteiger partial charge in [0.15, 0.2) is 0 Å². The van der Waals surface area contributed by atoms with E-state index in [4.69, 9.17) is 0 Å². The van der Waals surface area contributed by atoms with E-state index in [9.17, 15) is 4.79 Å². The summed E-state index contributed by atoms with van der Waals surface area (Å²) in [5, 5.41) is 0. The number of ketones is 1. The molecule has 2 atom stereocenters. The molecule has 0 N–H and O–H groups in total. The lowest BCUT2D eigenvalue weighted by Gasteiger charge is -2.32. The first-order chi connectivity index (χ1) is 6.43. The first kappa shape index (κ1) is 9.70. The molecule has 2 aliphatic rings. The Labute approximate surface area is 85.9 Å². The van der Waals surface area contributed by atoms with E-state index in [0.717, 1.165) is 12.8 Å². The number of carbonyl (C=O) groups is 1. The topological polar surface area (TPSA) is 17.1 Å². The Morgan fingerprint density at radius 1 is 1.57 bits per heavy atom. The molecule has 0 radical (unpaired) electrons. The quantitative estimate of drug-likeness (QED) is 0.611. The maximum atomic E-state index is 11.9. The zero-order valence-corrected chi connectivity index (χ0v) is 9.26. The Balaban J connectivity index is 2.45. The van der Waals surface area contributed by atoms with Crippen LogP contribution in [-0.2, 0) is 4.79 Å². The van der Waals surface area contributed by atoms with Crippen molar-refractivity contribution in [2.75, 3.05) is 0 Å². The van der Waals surface area contributed by atoms with Crippen molar-refractivity contribution in [3.05, 3.63) is 24.3 Å². The predicted molar refractivity (Wildman–Crippen MR) is 57.9 cm³/mol. The molecule has 2 bridgehead atoms. The summed E-state index contributed by atoms with van der Waals surface area (Å²) >= 11 is 0. The zero-order valence-electron chi connectivity index (χ0n) is 9.26. The number of carbonyl (C=O) groups excluding carboxylic acids is 1. The fraction of sp³-hybridized carbons (Fsp3) is 0.615. The SMILES string of the molecule is C=CCC1=C[C@]2(C)C(=O)C[C@H]1C2(C)C. The predicted octanol–water partition coefficient (Wildman–Crippen LogP) is 3.12. The van der Waals surface area contributed by atoms with E-state index >= 15 is 0 Å². The minimum absolute atomic E-state index is 0.114. The van der Waals surface area contributed by atoms with Crippen LogP contribution in [0.3, 0.4) is 0 Å². The Hall–Kier alpha value is -0.850. The molecule has 0 aromatic carbocycles.